The minimum absolute atomic E-state index is 0.120. The summed E-state index contributed by atoms with van der Waals surface area (Å²) in [7, 11) is 0. The molecule has 1 aromatic carbocycles. The van der Waals surface area contributed by atoms with Crippen molar-refractivity contribution < 1.29 is 18.7 Å². The van der Waals surface area contributed by atoms with Crippen molar-refractivity contribution in [1.29, 1.82) is 0 Å². The van der Waals surface area contributed by atoms with E-state index in [2.05, 4.69) is 10.2 Å². The smallest absolute Gasteiger partial charge is 0.407 e. The van der Waals surface area contributed by atoms with Crippen molar-refractivity contribution in [3.63, 3.8) is 0 Å². The molecule has 156 valence electrons. The highest BCUT2D eigenvalue weighted by Crippen LogP contribution is 2.11. The molecule has 1 saturated heterocycles. The number of alkyl carbamates (subject to hydrolysis) is 1. The first-order valence-electron chi connectivity index (χ1n) is 9.94. The molecule has 1 N–H and O–H groups in total. The van der Waals surface area contributed by atoms with Gasteiger partial charge in [0.05, 0.1) is 0 Å². The van der Waals surface area contributed by atoms with Gasteiger partial charge in [-0.3, -0.25) is 9.69 Å². The van der Waals surface area contributed by atoms with Gasteiger partial charge in [-0.15, -0.1) is 0 Å². The van der Waals surface area contributed by atoms with Gasteiger partial charge in [-0.05, 0) is 51.3 Å². The van der Waals surface area contributed by atoms with Gasteiger partial charge in [0.15, 0.2) is 0 Å². The van der Waals surface area contributed by atoms with Crippen molar-refractivity contribution in [3.05, 3.63) is 35.6 Å². The zero-order valence-electron chi connectivity index (χ0n) is 17.2. The lowest BCUT2D eigenvalue weighted by Gasteiger charge is -2.22. The molecule has 1 aliphatic heterocycles. The van der Waals surface area contributed by atoms with Crippen molar-refractivity contribution in [2.24, 2.45) is 0 Å². The average Bonchev–Trinajstić information content (AvgIpc) is 2.85. The highest BCUT2D eigenvalue weighted by atomic mass is 19.1. The second-order valence-corrected chi connectivity index (χ2v) is 8.17. The van der Waals surface area contributed by atoms with Gasteiger partial charge in [0.1, 0.15) is 11.4 Å². The van der Waals surface area contributed by atoms with Crippen LogP contribution in [0.25, 0.3) is 0 Å². The number of hydrogen-bond acceptors (Lipinski definition) is 4. The Hall–Kier alpha value is -2.15. The van der Waals surface area contributed by atoms with E-state index in [-0.39, 0.29) is 11.7 Å². The summed E-state index contributed by atoms with van der Waals surface area (Å²) < 4.78 is 18.2. The SMILES string of the molecule is CC(C)(C)OC(=O)NCCCC(=O)N1CCCN(Cc2ccc(F)cc2)CC1. The minimum atomic E-state index is -0.522. The quantitative estimate of drug-likeness (QED) is 0.754. The molecule has 0 atom stereocenters. The fourth-order valence-corrected chi connectivity index (χ4v) is 3.13. The number of halogens is 1. The standard InChI is InChI=1S/C21H32FN3O3/c1-21(2,3)28-20(27)23-11-4-6-19(26)25-13-5-12-24(14-15-25)16-17-7-9-18(22)10-8-17/h7-10H,4-6,11-16H2,1-3H3,(H,23,27). The van der Waals surface area contributed by atoms with E-state index in [1.165, 1.54) is 12.1 Å². The van der Waals surface area contributed by atoms with Gasteiger partial charge in [0, 0.05) is 45.7 Å². The summed E-state index contributed by atoms with van der Waals surface area (Å²) in [5.74, 6) is -0.104. The van der Waals surface area contributed by atoms with Gasteiger partial charge in [-0.1, -0.05) is 12.1 Å². The molecule has 0 bridgehead atoms. The Kier molecular flexibility index (Phi) is 8.23. The average molecular weight is 394 g/mol. The Labute approximate surface area is 167 Å². The highest BCUT2D eigenvalue weighted by molar-refractivity contribution is 5.76. The molecule has 1 aromatic rings. The lowest BCUT2D eigenvalue weighted by Crippen LogP contribution is -2.36. The Balaban J connectivity index is 1.67. The molecule has 2 rings (SSSR count). The molecule has 0 saturated carbocycles. The number of benzene rings is 1. The van der Waals surface area contributed by atoms with E-state index >= 15 is 0 Å². The largest absolute Gasteiger partial charge is 0.444 e. The van der Waals surface area contributed by atoms with Crippen molar-refractivity contribution in [2.75, 3.05) is 32.7 Å². The minimum Gasteiger partial charge on any atom is -0.444 e. The van der Waals surface area contributed by atoms with Crippen LogP contribution in [0.3, 0.4) is 0 Å². The monoisotopic (exact) mass is 393 g/mol. The van der Waals surface area contributed by atoms with Crippen LogP contribution in [0.5, 0.6) is 0 Å². The number of nitrogens with one attached hydrogen (secondary N) is 1. The van der Waals surface area contributed by atoms with Crippen molar-refractivity contribution in [3.8, 4) is 0 Å². The molecule has 1 fully saturated rings. The van der Waals surface area contributed by atoms with Gasteiger partial charge >= 0.3 is 6.09 Å². The molecule has 0 aliphatic carbocycles. The second kappa shape index (κ2) is 10.4. The molecule has 28 heavy (non-hydrogen) atoms. The van der Waals surface area contributed by atoms with E-state index in [1.807, 2.05) is 25.7 Å². The van der Waals surface area contributed by atoms with E-state index in [0.29, 0.717) is 25.9 Å². The lowest BCUT2D eigenvalue weighted by molar-refractivity contribution is -0.131. The number of ether oxygens (including phenoxy) is 1. The van der Waals surface area contributed by atoms with Gasteiger partial charge in [0.2, 0.25) is 5.91 Å². The molecule has 0 aromatic heterocycles. The predicted molar refractivity (Wildman–Crippen MR) is 106 cm³/mol. The number of rotatable bonds is 6. The first-order chi connectivity index (χ1) is 13.2. The summed E-state index contributed by atoms with van der Waals surface area (Å²) in [6, 6.07) is 6.57. The zero-order chi connectivity index (χ0) is 20.6. The summed E-state index contributed by atoms with van der Waals surface area (Å²) in [5.41, 5.74) is 0.556. The highest BCUT2D eigenvalue weighted by Gasteiger charge is 2.19. The third-order valence-corrected chi connectivity index (χ3v) is 4.50. The zero-order valence-corrected chi connectivity index (χ0v) is 17.2. The molecule has 1 heterocycles. The third-order valence-electron chi connectivity index (χ3n) is 4.50. The summed E-state index contributed by atoms with van der Waals surface area (Å²) in [4.78, 5) is 28.2. The molecular weight excluding hydrogens is 361 g/mol. The van der Waals surface area contributed by atoms with Crippen molar-refractivity contribution in [2.45, 2.75) is 52.2 Å². The van der Waals surface area contributed by atoms with E-state index in [1.54, 1.807) is 12.1 Å². The number of carbonyl (C=O) groups is 2. The summed E-state index contributed by atoms with van der Waals surface area (Å²) in [6.45, 7) is 9.80. The first kappa shape index (κ1) is 22.1. The molecule has 1 aliphatic rings. The van der Waals surface area contributed by atoms with E-state index in [4.69, 9.17) is 4.74 Å². The molecule has 6 nitrogen and oxygen atoms in total. The van der Waals surface area contributed by atoms with Gasteiger partial charge in [-0.25, -0.2) is 9.18 Å². The maximum Gasteiger partial charge on any atom is 0.407 e. The van der Waals surface area contributed by atoms with Crippen LogP contribution >= 0.6 is 0 Å². The van der Waals surface area contributed by atoms with Crippen LogP contribution in [-0.2, 0) is 16.1 Å². The van der Waals surface area contributed by atoms with Crippen LogP contribution in [0.2, 0.25) is 0 Å². The summed E-state index contributed by atoms with van der Waals surface area (Å²) in [5, 5.41) is 2.68. The van der Waals surface area contributed by atoms with E-state index < -0.39 is 11.7 Å². The van der Waals surface area contributed by atoms with Crippen molar-refractivity contribution >= 4 is 12.0 Å². The first-order valence-corrected chi connectivity index (χ1v) is 9.94. The van der Waals surface area contributed by atoms with Crippen LogP contribution in [-0.4, -0.2) is 60.1 Å². The molecule has 0 spiro atoms. The van der Waals surface area contributed by atoms with E-state index in [0.717, 1.165) is 38.2 Å². The number of hydrogen-bond donors (Lipinski definition) is 1. The fourth-order valence-electron chi connectivity index (χ4n) is 3.13. The number of carbonyl (C=O) groups excluding carboxylic acids is 2. The van der Waals surface area contributed by atoms with E-state index in [9.17, 15) is 14.0 Å². The van der Waals surface area contributed by atoms with Crippen LogP contribution in [0, 0.1) is 5.82 Å². The Morgan fingerprint density at radius 1 is 1.11 bits per heavy atom. The van der Waals surface area contributed by atoms with Crippen LogP contribution in [0.4, 0.5) is 9.18 Å². The molecule has 2 amide bonds. The number of amides is 2. The van der Waals surface area contributed by atoms with Gasteiger partial charge in [-0.2, -0.15) is 0 Å². The van der Waals surface area contributed by atoms with Crippen LogP contribution in [0.15, 0.2) is 24.3 Å². The second-order valence-electron chi connectivity index (χ2n) is 8.17. The lowest BCUT2D eigenvalue weighted by atomic mass is 10.2. The fraction of sp³-hybridized carbons (Fsp3) is 0.619. The molecule has 0 radical (unpaired) electrons. The normalized spacial score (nSPS) is 15.8. The topological polar surface area (TPSA) is 61.9 Å². The predicted octanol–water partition coefficient (Wildman–Crippen LogP) is 3.16. The molecule has 7 heteroatoms. The Morgan fingerprint density at radius 3 is 2.50 bits per heavy atom. The van der Waals surface area contributed by atoms with Gasteiger partial charge in [0.25, 0.3) is 0 Å². The number of nitrogens with zero attached hydrogens (tertiary/aromatic N) is 2. The molecule has 0 unspecified atom stereocenters. The van der Waals surface area contributed by atoms with Gasteiger partial charge < -0.3 is 15.0 Å². The summed E-state index contributed by atoms with van der Waals surface area (Å²) >= 11 is 0. The van der Waals surface area contributed by atoms with Crippen molar-refractivity contribution in [1.82, 2.24) is 15.1 Å². The Bertz CT molecular complexity index is 643. The molecular formula is C21H32FN3O3. The maximum atomic E-state index is 13.0. The Morgan fingerprint density at radius 2 is 1.82 bits per heavy atom. The van der Waals surface area contributed by atoms with Crippen LogP contribution in [0.1, 0.15) is 45.6 Å². The van der Waals surface area contributed by atoms with Crippen LogP contribution < -0.4 is 5.32 Å². The maximum absolute atomic E-state index is 13.0. The third kappa shape index (κ3) is 8.25. The summed E-state index contributed by atoms with van der Waals surface area (Å²) in [6.07, 6.45) is 1.47.